The molecule has 2 aromatic carbocycles. The van der Waals surface area contributed by atoms with Crippen LogP contribution < -0.4 is 9.62 Å². The van der Waals surface area contributed by atoms with E-state index < -0.39 is 29.0 Å². The van der Waals surface area contributed by atoms with Crippen LogP contribution in [0.25, 0.3) is 0 Å². The molecule has 0 radical (unpaired) electrons. The van der Waals surface area contributed by atoms with Gasteiger partial charge < -0.3 is 5.32 Å². The van der Waals surface area contributed by atoms with Crippen LogP contribution in [-0.2, 0) is 24.0 Å². The highest BCUT2D eigenvalue weighted by Crippen LogP contribution is 2.31. The summed E-state index contributed by atoms with van der Waals surface area (Å²) in [6, 6.07) is 13.8. The van der Waals surface area contributed by atoms with Crippen molar-refractivity contribution < 1.29 is 26.7 Å². The highest BCUT2D eigenvalue weighted by atomic mass is 32.2. The Morgan fingerprint density at radius 1 is 1.09 bits per heavy atom. The summed E-state index contributed by atoms with van der Waals surface area (Å²) in [7, 11) is 0. The summed E-state index contributed by atoms with van der Waals surface area (Å²) >= 11 is -2.39. The Labute approximate surface area is 185 Å². The molecule has 0 aliphatic rings. The molecular formula is C22H20F3N3O3S. The van der Waals surface area contributed by atoms with Crippen LogP contribution in [0.1, 0.15) is 32.7 Å². The third kappa shape index (κ3) is 5.51. The molecule has 6 nitrogen and oxygen atoms in total. The third-order valence-corrected chi connectivity index (χ3v) is 5.40. The Morgan fingerprint density at radius 3 is 2.34 bits per heavy atom. The first-order chi connectivity index (χ1) is 15.1. The molecule has 1 atom stereocenters. The molecule has 1 unspecified atom stereocenters. The van der Waals surface area contributed by atoms with Gasteiger partial charge in [0, 0.05) is 18.3 Å². The highest BCUT2D eigenvalue weighted by Gasteiger charge is 2.32. The number of carbonyl (C=O) groups excluding carboxylic acids is 1. The van der Waals surface area contributed by atoms with Crippen LogP contribution in [0.15, 0.2) is 60.8 Å². The summed E-state index contributed by atoms with van der Waals surface area (Å²) in [5.74, 6) is -0.487. The van der Waals surface area contributed by atoms with Crippen molar-refractivity contribution in [3.63, 3.8) is 0 Å². The Balaban J connectivity index is 1.80. The number of hydrogen-bond donors (Lipinski definition) is 2. The van der Waals surface area contributed by atoms with E-state index in [2.05, 4.69) is 10.3 Å². The van der Waals surface area contributed by atoms with Gasteiger partial charge in [-0.3, -0.25) is 14.3 Å². The topological polar surface area (TPSA) is 82.5 Å². The molecule has 0 aliphatic carbocycles. The number of nitrogens with zero attached hydrogens (tertiary/aromatic N) is 2. The SMILES string of the molecule is Cc1ccc(N(c2cc(C(=O)NCc3ccc(C(F)(F)F)nc3)ccc2C)S(=O)O)cc1. The molecular weight excluding hydrogens is 443 g/mol. The first kappa shape index (κ1) is 23.4. The van der Waals surface area contributed by atoms with Gasteiger partial charge in [0.15, 0.2) is 0 Å². The zero-order chi connectivity index (χ0) is 23.5. The first-order valence-electron chi connectivity index (χ1n) is 9.45. The summed E-state index contributed by atoms with van der Waals surface area (Å²) in [5.41, 5.74) is 2.14. The lowest BCUT2D eigenvalue weighted by atomic mass is 10.1. The van der Waals surface area contributed by atoms with Crippen LogP contribution in [0.4, 0.5) is 24.5 Å². The minimum absolute atomic E-state index is 0.0270. The van der Waals surface area contributed by atoms with E-state index in [0.717, 1.165) is 17.8 Å². The normalized spacial score (nSPS) is 12.3. The summed E-state index contributed by atoms with van der Waals surface area (Å²) in [6.07, 6.45) is -3.48. The number of alkyl halides is 3. The van der Waals surface area contributed by atoms with Crippen molar-refractivity contribution in [2.75, 3.05) is 4.31 Å². The van der Waals surface area contributed by atoms with Crippen LogP contribution >= 0.6 is 0 Å². The molecule has 1 amide bonds. The van der Waals surface area contributed by atoms with Crippen molar-refractivity contribution in [3.8, 4) is 0 Å². The molecule has 1 aromatic heterocycles. The zero-order valence-electron chi connectivity index (χ0n) is 17.2. The molecule has 1 heterocycles. The largest absolute Gasteiger partial charge is 0.433 e. The number of aromatic nitrogens is 1. The average molecular weight is 463 g/mol. The van der Waals surface area contributed by atoms with Gasteiger partial charge in [-0.2, -0.15) is 13.2 Å². The monoisotopic (exact) mass is 463 g/mol. The fraction of sp³-hybridized carbons (Fsp3) is 0.182. The predicted molar refractivity (Wildman–Crippen MR) is 116 cm³/mol. The molecule has 32 heavy (non-hydrogen) atoms. The van der Waals surface area contributed by atoms with E-state index in [1.807, 2.05) is 6.92 Å². The van der Waals surface area contributed by atoms with Gasteiger partial charge in [-0.05, 0) is 55.3 Å². The molecule has 10 heteroatoms. The molecule has 0 saturated heterocycles. The van der Waals surface area contributed by atoms with E-state index in [9.17, 15) is 26.7 Å². The van der Waals surface area contributed by atoms with Crippen LogP contribution in [0.5, 0.6) is 0 Å². The van der Waals surface area contributed by atoms with Crippen molar-refractivity contribution in [3.05, 3.63) is 88.7 Å². The number of aryl methyl sites for hydroxylation is 2. The zero-order valence-corrected chi connectivity index (χ0v) is 18.0. The maximum atomic E-state index is 12.6. The van der Waals surface area contributed by atoms with Crippen LogP contribution in [0.3, 0.4) is 0 Å². The van der Waals surface area contributed by atoms with Crippen molar-refractivity contribution in [1.29, 1.82) is 0 Å². The fourth-order valence-electron chi connectivity index (χ4n) is 2.94. The van der Waals surface area contributed by atoms with Crippen molar-refractivity contribution in [2.24, 2.45) is 0 Å². The third-order valence-electron chi connectivity index (χ3n) is 4.68. The first-order valence-corrected chi connectivity index (χ1v) is 10.5. The number of benzene rings is 2. The molecule has 2 N–H and O–H groups in total. The Hall–Kier alpha value is -3.24. The number of pyridine rings is 1. The van der Waals surface area contributed by atoms with E-state index in [4.69, 9.17) is 0 Å². The second-order valence-corrected chi connectivity index (χ2v) is 7.92. The quantitative estimate of drug-likeness (QED) is 0.509. The summed E-state index contributed by atoms with van der Waals surface area (Å²) in [6.45, 7) is 3.62. The molecule has 0 fully saturated rings. The maximum Gasteiger partial charge on any atom is 0.433 e. The summed E-state index contributed by atoms with van der Waals surface area (Å²) in [5, 5.41) is 2.62. The second-order valence-electron chi connectivity index (χ2n) is 7.09. The molecule has 0 spiro atoms. The van der Waals surface area contributed by atoms with Gasteiger partial charge in [0.25, 0.3) is 17.2 Å². The number of amides is 1. The van der Waals surface area contributed by atoms with E-state index in [0.29, 0.717) is 22.5 Å². The molecule has 0 saturated carbocycles. The molecule has 0 bridgehead atoms. The maximum absolute atomic E-state index is 12.6. The Kier molecular flexibility index (Phi) is 6.95. The Morgan fingerprint density at radius 2 is 1.78 bits per heavy atom. The number of halogens is 3. The van der Waals surface area contributed by atoms with Gasteiger partial charge in [0.1, 0.15) is 5.69 Å². The van der Waals surface area contributed by atoms with E-state index >= 15 is 0 Å². The van der Waals surface area contributed by atoms with Gasteiger partial charge >= 0.3 is 6.18 Å². The molecule has 3 rings (SSSR count). The van der Waals surface area contributed by atoms with Crippen LogP contribution in [0, 0.1) is 13.8 Å². The van der Waals surface area contributed by atoms with Gasteiger partial charge in [-0.25, -0.2) is 8.51 Å². The van der Waals surface area contributed by atoms with Crippen molar-refractivity contribution in [2.45, 2.75) is 26.6 Å². The molecule has 168 valence electrons. The van der Waals surface area contributed by atoms with Gasteiger partial charge in [0.05, 0.1) is 11.4 Å². The minimum atomic E-state index is -4.53. The van der Waals surface area contributed by atoms with Crippen molar-refractivity contribution >= 4 is 28.5 Å². The van der Waals surface area contributed by atoms with E-state index in [-0.39, 0.29) is 12.1 Å². The van der Waals surface area contributed by atoms with Gasteiger partial charge in [-0.15, -0.1) is 0 Å². The predicted octanol–water partition coefficient (Wildman–Crippen LogP) is 4.92. The number of hydrogen-bond acceptors (Lipinski definition) is 3. The number of rotatable bonds is 6. The summed E-state index contributed by atoms with van der Waals surface area (Å²) in [4.78, 5) is 16.0. The van der Waals surface area contributed by atoms with Crippen LogP contribution in [0.2, 0.25) is 0 Å². The standard InChI is InChI=1S/C22H20F3N3O3S/c1-14-3-8-18(9-4-14)28(32(30)31)19-11-17(7-5-15(19)2)21(29)27-13-16-6-10-20(26-12-16)22(23,24)25/h3-12H,13H2,1-2H3,(H,27,29)(H,30,31). The fourth-order valence-corrected chi connectivity index (χ4v) is 3.61. The van der Waals surface area contributed by atoms with Crippen LogP contribution in [-0.4, -0.2) is 19.7 Å². The molecule has 3 aromatic rings. The van der Waals surface area contributed by atoms with E-state index in [1.54, 1.807) is 43.3 Å². The number of anilines is 2. The van der Waals surface area contributed by atoms with Crippen molar-refractivity contribution in [1.82, 2.24) is 10.3 Å². The van der Waals surface area contributed by atoms with E-state index in [1.165, 1.54) is 16.4 Å². The number of carbonyl (C=O) groups is 1. The van der Waals surface area contributed by atoms with Gasteiger partial charge in [0.2, 0.25) is 0 Å². The lowest BCUT2D eigenvalue weighted by molar-refractivity contribution is -0.141. The highest BCUT2D eigenvalue weighted by molar-refractivity contribution is 7.81. The average Bonchev–Trinajstić information content (AvgIpc) is 2.74. The Bertz CT molecular complexity index is 1130. The van der Waals surface area contributed by atoms with Gasteiger partial charge in [-0.1, -0.05) is 29.8 Å². The number of nitrogens with one attached hydrogen (secondary N) is 1. The summed E-state index contributed by atoms with van der Waals surface area (Å²) < 4.78 is 61.0. The smallest absolute Gasteiger partial charge is 0.348 e. The minimum Gasteiger partial charge on any atom is -0.348 e. The second kappa shape index (κ2) is 9.49. The molecule has 0 aliphatic heterocycles. The lowest BCUT2D eigenvalue weighted by Gasteiger charge is -2.23. The lowest BCUT2D eigenvalue weighted by Crippen LogP contribution is -2.24.